The lowest BCUT2D eigenvalue weighted by molar-refractivity contribution is 0.185. The Labute approximate surface area is 114 Å². The third-order valence-corrected chi connectivity index (χ3v) is 2.97. The summed E-state index contributed by atoms with van der Waals surface area (Å²) in [6, 6.07) is 13.9. The first kappa shape index (κ1) is 13.2. The summed E-state index contributed by atoms with van der Waals surface area (Å²) in [5.74, 6) is 3.45. The molecule has 0 fully saturated rings. The van der Waals surface area contributed by atoms with Crippen molar-refractivity contribution < 1.29 is 9.47 Å². The third kappa shape index (κ3) is 2.96. The van der Waals surface area contributed by atoms with E-state index in [-0.39, 0.29) is 0 Å². The molecule has 0 unspecified atom stereocenters. The zero-order chi connectivity index (χ0) is 13.7. The normalized spacial score (nSPS) is 9.95. The summed E-state index contributed by atoms with van der Waals surface area (Å²) in [6.45, 7) is 0.545. The largest absolute Gasteiger partial charge is 0.497 e. The van der Waals surface area contributed by atoms with E-state index in [2.05, 4.69) is 5.92 Å². The topological polar surface area (TPSA) is 18.5 Å². The fraction of sp³-hybridized carbons (Fsp3) is 0.176. The van der Waals surface area contributed by atoms with E-state index in [0.29, 0.717) is 6.61 Å². The quantitative estimate of drug-likeness (QED) is 0.775. The van der Waals surface area contributed by atoms with Crippen LogP contribution in [0.4, 0.5) is 0 Å². The predicted octanol–water partition coefficient (Wildman–Crippen LogP) is 3.49. The van der Waals surface area contributed by atoms with E-state index in [9.17, 15) is 0 Å². The highest BCUT2D eigenvalue weighted by atomic mass is 16.5. The van der Waals surface area contributed by atoms with E-state index in [1.165, 1.54) is 0 Å². The fourth-order valence-corrected chi connectivity index (χ4v) is 2.00. The summed E-state index contributed by atoms with van der Waals surface area (Å²) < 4.78 is 10.5. The van der Waals surface area contributed by atoms with Crippen LogP contribution < -0.4 is 4.74 Å². The van der Waals surface area contributed by atoms with Gasteiger partial charge in [-0.05, 0) is 41.0 Å². The molecule has 2 aromatic carbocycles. The standard InChI is InChI=1S/C17H16O2/c1-4-13-5-7-14(8-6-13)17-10-9-16(19-3)11-15(17)12-18-2/h1,5-11H,12H2,2-3H3. The molecule has 0 heterocycles. The van der Waals surface area contributed by atoms with Crippen LogP contribution in [0.5, 0.6) is 5.75 Å². The van der Waals surface area contributed by atoms with Crippen LogP contribution in [0.3, 0.4) is 0 Å². The van der Waals surface area contributed by atoms with Crippen LogP contribution in [0.25, 0.3) is 11.1 Å². The number of methoxy groups -OCH3 is 2. The second kappa shape index (κ2) is 6.08. The van der Waals surface area contributed by atoms with Crippen LogP contribution in [-0.2, 0) is 11.3 Å². The molecule has 0 spiro atoms. The Hall–Kier alpha value is -2.24. The van der Waals surface area contributed by atoms with Crippen molar-refractivity contribution in [3.05, 3.63) is 53.6 Å². The van der Waals surface area contributed by atoms with Gasteiger partial charge in [0.2, 0.25) is 0 Å². The van der Waals surface area contributed by atoms with Crippen molar-refractivity contribution in [2.75, 3.05) is 14.2 Å². The second-order valence-corrected chi connectivity index (χ2v) is 4.18. The Kier molecular flexibility index (Phi) is 4.22. The molecule has 19 heavy (non-hydrogen) atoms. The van der Waals surface area contributed by atoms with Crippen molar-refractivity contribution in [1.82, 2.24) is 0 Å². The molecule has 2 heteroatoms. The molecule has 0 aromatic heterocycles. The molecule has 0 N–H and O–H groups in total. The van der Waals surface area contributed by atoms with Gasteiger partial charge in [-0.1, -0.05) is 24.1 Å². The number of hydrogen-bond donors (Lipinski definition) is 0. The predicted molar refractivity (Wildman–Crippen MR) is 77.1 cm³/mol. The number of benzene rings is 2. The second-order valence-electron chi connectivity index (χ2n) is 4.18. The average molecular weight is 252 g/mol. The molecule has 0 aliphatic rings. The maximum absolute atomic E-state index is 5.37. The van der Waals surface area contributed by atoms with E-state index in [1.54, 1.807) is 14.2 Å². The monoisotopic (exact) mass is 252 g/mol. The van der Waals surface area contributed by atoms with E-state index in [0.717, 1.165) is 28.0 Å². The van der Waals surface area contributed by atoms with Crippen LogP contribution in [0.2, 0.25) is 0 Å². The minimum Gasteiger partial charge on any atom is -0.497 e. The molecule has 0 atom stereocenters. The van der Waals surface area contributed by atoms with Crippen molar-refractivity contribution in [2.24, 2.45) is 0 Å². The van der Waals surface area contributed by atoms with Crippen molar-refractivity contribution in [2.45, 2.75) is 6.61 Å². The van der Waals surface area contributed by atoms with Crippen LogP contribution in [0.1, 0.15) is 11.1 Å². The molecule has 0 radical (unpaired) electrons. The number of hydrogen-bond acceptors (Lipinski definition) is 2. The maximum atomic E-state index is 5.37. The van der Waals surface area contributed by atoms with Gasteiger partial charge in [0.05, 0.1) is 13.7 Å². The van der Waals surface area contributed by atoms with Gasteiger partial charge in [-0.3, -0.25) is 0 Å². The molecular formula is C17H16O2. The van der Waals surface area contributed by atoms with Gasteiger partial charge in [-0.25, -0.2) is 0 Å². The number of rotatable bonds is 4. The van der Waals surface area contributed by atoms with Gasteiger partial charge in [0.1, 0.15) is 5.75 Å². The Morgan fingerprint density at radius 2 is 1.79 bits per heavy atom. The molecule has 2 nitrogen and oxygen atoms in total. The third-order valence-electron chi connectivity index (χ3n) is 2.97. The number of ether oxygens (including phenoxy) is 2. The zero-order valence-electron chi connectivity index (χ0n) is 11.1. The molecule has 0 bridgehead atoms. The van der Waals surface area contributed by atoms with Crippen LogP contribution in [-0.4, -0.2) is 14.2 Å². The van der Waals surface area contributed by atoms with E-state index >= 15 is 0 Å². The highest BCUT2D eigenvalue weighted by Crippen LogP contribution is 2.28. The average Bonchev–Trinajstić information content (AvgIpc) is 2.47. The molecule has 2 rings (SSSR count). The van der Waals surface area contributed by atoms with Crippen molar-refractivity contribution in [3.63, 3.8) is 0 Å². The van der Waals surface area contributed by atoms with E-state index < -0.39 is 0 Å². The maximum Gasteiger partial charge on any atom is 0.119 e. The van der Waals surface area contributed by atoms with Gasteiger partial charge in [-0.15, -0.1) is 6.42 Å². The first-order valence-electron chi connectivity index (χ1n) is 6.01. The Balaban J connectivity index is 2.44. The van der Waals surface area contributed by atoms with Gasteiger partial charge in [0, 0.05) is 12.7 Å². The molecule has 0 amide bonds. The lowest BCUT2D eigenvalue weighted by atomic mass is 9.99. The molecule has 0 aliphatic carbocycles. The fourth-order valence-electron chi connectivity index (χ4n) is 2.00. The molecule has 96 valence electrons. The Morgan fingerprint density at radius 3 is 2.37 bits per heavy atom. The van der Waals surface area contributed by atoms with Gasteiger partial charge in [0.15, 0.2) is 0 Å². The molecule has 0 saturated carbocycles. The van der Waals surface area contributed by atoms with Crippen molar-refractivity contribution in [1.29, 1.82) is 0 Å². The van der Waals surface area contributed by atoms with E-state index in [4.69, 9.17) is 15.9 Å². The smallest absolute Gasteiger partial charge is 0.119 e. The summed E-state index contributed by atoms with van der Waals surface area (Å²) in [4.78, 5) is 0. The first-order chi connectivity index (χ1) is 9.28. The molecular weight excluding hydrogens is 236 g/mol. The molecule has 2 aromatic rings. The summed E-state index contributed by atoms with van der Waals surface area (Å²) in [5, 5.41) is 0. The summed E-state index contributed by atoms with van der Waals surface area (Å²) in [5.41, 5.74) is 4.22. The Morgan fingerprint density at radius 1 is 1.05 bits per heavy atom. The SMILES string of the molecule is C#Cc1ccc(-c2ccc(OC)cc2COC)cc1. The Bertz CT molecular complexity index is 592. The van der Waals surface area contributed by atoms with Gasteiger partial charge >= 0.3 is 0 Å². The highest BCUT2D eigenvalue weighted by Gasteiger charge is 2.06. The summed E-state index contributed by atoms with van der Waals surface area (Å²) in [6.07, 6.45) is 5.37. The van der Waals surface area contributed by atoms with Crippen LogP contribution >= 0.6 is 0 Å². The highest BCUT2D eigenvalue weighted by molar-refractivity contribution is 5.69. The minimum atomic E-state index is 0.545. The number of terminal acetylenes is 1. The summed E-state index contributed by atoms with van der Waals surface area (Å²) in [7, 11) is 3.35. The zero-order valence-corrected chi connectivity index (χ0v) is 11.1. The van der Waals surface area contributed by atoms with Gasteiger partial charge in [0.25, 0.3) is 0 Å². The molecule has 0 aliphatic heterocycles. The van der Waals surface area contributed by atoms with Crippen LogP contribution in [0, 0.1) is 12.3 Å². The van der Waals surface area contributed by atoms with Crippen molar-refractivity contribution in [3.8, 4) is 29.2 Å². The first-order valence-corrected chi connectivity index (χ1v) is 6.01. The van der Waals surface area contributed by atoms with Gasteiger partial charge in [-0.2, -0.15) is 0 Å². The minimum absolute atomic E-state index is 0.545. The van der Waals surface area contributed by atoms with Crippen LogP contribution in [0.15, 0.2) is 42.5 Å². The molecule has 0 saturated heterocycles. The summed E-state index contributed by atoms with van der Waals surface area (Å²) >= 11 is 0. The van der Waals surface area contributed by atoms with E-state index in [1.807, 2.05) is 42.5 Å². The lowest BCUT2D eigenvalue weighted by Crippen LogP contribution is -1.94. The lowest BCUT2D eigenvalue weighted by Gasteiger charge is -2.11. The van der Waals surface area contributed by atoms with Crippen molar-refractivity contribution >= 4 is 0 Å². The van der Waals surface area contributed by atoms with Gasteiger partial charge < -0.3 is 9.47 Å².